The van der Waals surface area contributed by atoms with Crippen LogP contribution < -0.4 is 5.32 Å². The molecule has 1 fully saturated rings. The minimum absolute atomic E-state index is 0.726. The van der Waals surface area contributed by atoms with E-state index >= 15 is 0 Å². The molecule has 2 heteroatoms. The Hall–Kier alpha value is -0.790. The molecule has 1 aliphatic rings. The number of aldehydes is 1. The number of nitrogens with one attached hydrogen (secondary N) is 1. The monoisotopic (exact) mass is 195 g/mol. The molecule has 2 nitrogen and oxygen atoms in total. The zero-order valence-electron chi connectivity index (χ0n) is 9.25. The van der Waals surface area contributed by atoms with Gasteiger partial charge in [0, 0.05) is 7.05 Å². The Morgan fingerprint density at radius 1 is 1.36 bits per heavy atom. The lowest BCUT2D eigenvalue weighted by Gasteiger charge is -2.25. The standard InChI is InChI=1S/C12H21NO/c1-10-3-5-11(6-4-10)7-8-12(9-14)13-2/h8-11,13H,3-7H2,1-2H3/b12-8-. The van der Waals surface area contributed by atoms with E-state index in [-0.39, 0.29) is 0 Å². The number of likely N-dealkylation sites (N-methyl/N-ethyl adjacent to an activating group) is 1. The van der Waals surface area contributed by atoms with Gasteiger partial charge < -0.3 is 5.32 Å². The van der Waals surface area contributed by atoms with Gasteiger partial charge in [-0.05, 0) is 31.1 Å². The van der Waals surface area contributed by atoms with Gasteiger partial charge in [-0.25, -0.2) is 0 Å². The van der Waals surface area contributed by atoms with Crippen LogP contribution >= 0.6 is 0 Å². The third kappa shape index (κ3) is 3.52. The molecule has 0 aromatic rings. The Morgan fingerprint density at radius 3 is 2.50 bits per heavy atom. The highest BCUT2D eigenvalue weighted by molar-refractivity contribution is 5.71. The van der Waals surface area contributed by atoms with E-state index in [1.54, 1.807) is 7.05 Å². The first-order valence-electron chi connectivity index (χ1n) is 5.59. The Morgan fingerprint density at radius 2 is 2.00 bits per heavy atom. The maximum atomic E-state index is 10.5. The van der Waals surface area contributed by atoms with Gasteiger partial charge in [-0.2, -0.15) is 0 Å². The molecule has 1 N–H and O–H groups in total. The Bertz CT molecular complexity index is 202. The minimum atomic E-state index is 0.726. The van der Waals surface area contributed by atoms with Crippen molar-refractivity contribution in [1.29, 1.82) is 0 Å². The van der Waals surface area contributed by atoms with Gasteiger partial charge in [0.15, 0.2) is 6.29 Å². The first-order valence-corrected chi connectivity index (χ1v) is 5.59. The Balaban J connectivity index is 2.30. The van der Waals surface area contributed by atoms with E-state index in [9.17, 15) is 4.79 Å². The van der Waals surface area contributed by atoms with Gasteiger partial charge in [-0.15, -0.1) is 0 Å². The Kier molecular flexibility index (Phi) is 4.71. The molecule has 0 unspecified atom stereocenters. The number of carbonyl (C=O) groups excluding carboxylic acids is 1. The topological polar surface area (TPSA) is 29.1 Å². The van der Waals surface area contributed by atoms with E-state index < -0.39 is 0 Å². The fourth-order valence-corrected chi connectivity index (χ4v) is 2.07. The fourth-order valence-electron chi connectivity index (χ4n) is 2.07. The molecule has 0 heterocycles. The van der Waals surface area contributed by atoms with Gasteiger partial charge >= 0.3 is 0 Å². The summed E-state index contributed by atoms with van der Waals surface area (Å²) in [6.45, 7) is 2.33. The average Bonchev–Trinajstić information content (AvgIpc) is 2.22. The molecule has 0 radical (unpaired) electrons. The van der Waals surface area contributed by atoms with E-state index in [0.717, 1.165) is 30.2 Å². The van der Waals surface area contributed by atoms with Crippen LogP contribution in [-0.2, 0) is 4.79 Å². The molecule has 80 valence electrons. The average molecular weight is 195 g/mol. The summed E-state index contributed by atoms with van der Waals surface area (Å²) in [5.74, 6) is 1.71. The lowest BCUT2D eigenvalue weighted by atomic mass is 9.81. The largest absolute Gasteiger partial charge is 0.386 e. The van der Waals surface area contributed by atoms with Crippen LogP contribution in [0, 0.1) is 11.8 Å². The molecule has 1 aliphatic carbocycles. The maximum absolute atomic E-state index is 10.5. The summed E-state index contributed by atoms with van der Waals surface area (Å²) < 4.78 is 0. The van der Waals surface area contributed by atoms with Crippen LogP contribution in [0.3, 0.4) is 0 Å². The summed E-state index contributed by atoms with van der Waals surface area (Å²) in [4.78, 5) is 10.5. The lowest BCUT2D eigenvalue weighted by Crippen LogP contribution is -2.13. The van der Waals surface area contributed by atoms with Crippen molar-refractivity contribution in [2.75, 3.05) is 7.05 Å². The van der Waals surface area contributed by atoms with Gasteiger partial charge in [0.2, 0.25) is 0 Å². The van der Waals surface area contributed by atoms with Crippen molar-refractivity contribution in [3.63, 3.8) is 0 Å². The number of allylic oxidation sites excluding steroid dienone is 2. The van der Waals surface area contributed by atoms with Gasteiger partial charge in [0.05, 0.1) is 5.70 Å². The van der Waals surface area contributed by atoms with Crippen LogP contribution in [0.5, 0.6) is 0 Å². The van der Waals surface area contributed by atoms with Crippen LogP contribution in [0.4, 0.5) is 0 Å². The van der Waals surface area contributed by atoms with Crippen LogP contribution in [-0.4, -0.2) is 13.3 Å². The van der Waals surface area contributed by atoms with Gasteiger partial charge in [0.25, 0.3) is 0 Å². The fraction of sp³-hybridized carbons (Fsp3) is 0.750. The van der Waals surface area contributed by atoms with Crippen molar-refractivity contribution in [2.24, 2.45) is 11.8 Å². The molecule has 1 rings (SSSR count). The Labute approximate surface area is 86.8 Å². The van der Waals surface area contributed by atoms with E-state index in [1.165, 1.54) is 25.7 Å². The summed E-state index contributed by atoms with van der Waals surface area (Å²) in [7, 11) is 1.79. The molecule has 0 saturated heterocycles. The molecule has 1 saturated carbocycles. The third-order valence-electron chi connectivity index (χ3n) is 3.22. The quantitative estimate of drug-likeness (QED) is 0.551. The first kappa shape index (κ1) is 11.3. The number of hydrogen-bond donors (Lipinski definition) is 1. The molecule has 0 aliphatic heterocycles. The van der Waals surface area contributed by atoms with Crippen molar-refractivity contribution in [3.8, 4) is 0 Å². The normalized spacial score (nSPS) is 28.6. The number of hydrogen-bond acceptors (Lipinski definition) is 2. The second kappa shape index (κ2) is 5.84. The third-order valence-corrected chi connectivity index (χ3v) is 3.22. The molecular formula is C12H21NO. The van der Waals surface area contributed by atoms with E-state index in [2.05, 4.69) is 12.2 Å². The van der Waals surface area contributed by atoms with Crippen LogP contribution in [0.15, 0.2) is 11.8 Å². The van der Waals surface area contributed by atoms with Crippen molar-refractivity contribution in [2.45, 2.75) is 39.0 Å². The second-order valence-corrected chi connectivity index (χ2v) is 4.39. The molecule has 14 heavy (non-hydrogen) atoms. The highest BCUT2D eigenvalue weighted by Gasteiger charge is 2.16. The van der Waals surface area contributed by atoms with Crippen molar-refractivity contribution < 1.29 is 4.79 Å². The molecule has 0 bridgehead atoms. The van der Waals surface area contributed by atoms with Crippen LogP contribution in [0.2, 0.25) is 0 Å². The lowest BCUT2D eigenvalue weighted by molar-refractivity contribution is -0.105. The van der Waals surface area contributed by atoms with E-state index in [4.69, 9.17) is 0 Å². The van der Waals surface area contributed by atoms with E-state index in [0.29, 0.717) is 0 Å². The first-order chi connectivity index (χ1) is 6.76. The summed E-state index contributed by atoms with van der Waals surface area (Å²) >= 11 is 0. The maximum Gasteiger partial charge on any atom is 0.165 e. The number of carbonyl (C=O) groups is 1. The minimum Gasteiger partial charge on any atom is -0.386 e. The summed E-state index contributed by atoms with van der Waals surface area (Å²) in [6, 6.07) is 0. The molecule has 0 aromatic carbocycles. The predicted octanol–water partition coefficient (Wildman–Crippen LogP) is 2.51. The van der Waals surface area contributed by atoms with Crippen LogP contribution in [0.25, 0.3) is 0 Å². The van der Waals surface area contributed by atoms with E-state index in [1.807, 2.05) is 6.08 Å². The van der Waals surface area contributed by atoms with Crippen molar-refractivity contribution in [3.05, 3.63) is 11.8 Å². The molecule has 0 atom stereocenters. The smallest absolute Gasteiger partial charge is 0.165 e. The highest BCUT2D eigenvalue weighted by atomic mass is 16.1. The van der Waals surface area contributed by atoms with Crippen LogP contribution in [0.1, 0.15) is 39.0 Å². The van der Waals surface area contributed by atoms with Gasteiger partial charge in [-0.3, -0.25) is 4.79 Å². The summed E-state index contributed by atoms with van der Waals surface area (Å²) in [5, 5.41) is 2.89. The SMILES string of the molecule is CN/C(C=O)=C\CC1CCC(C)CC1. The summed E-state index contributed by atoms with van der Waals surface area (Å²) in [5.41, 5.74) is 0.726. The molecule has 0 aromatic heterocycles. The number of rotatable bonds is 4. The molecular weight excluding hydrogens is 174 g/mol. The predicted molar refractivity (Wildman–Crippen MR) is 58.9 cm³/mol. The highest BCUT2D eigenvalue weighted by Crippen LogP contribution is 2.30. The van der Waals surface area contributed by atoms with Crippen molar-refractivity contribution >= 4 is 6.29 Å². The second-order valence-electron chi connectivity index (χ2n) is 4.39. The molecule has 0 amide bonds. The van der Waals surface area contributed by atoms with Gasteiger partial charge in [-0.1, -0.05) is 25.8 Å². The zero-order chi connectivity index (χ0) is 10.4. The molecule has 0 spiro atoms. The van der Waals surface area contributed by atoms with Crippen molar-refractivity contribution in [1.82, 2.24) is 5.32 Å². The zero-order valence-corrected chi connectivity index (χ0v) is 9.25. The van der Waals surface area contributed by atoms with Gasteiger partial charge in [0.1, 0.15) is 0 Å². The summed E-state index contributed by atoms with van der Waals surface area (Å²) in [6.07, 6.45) is 9.35.